The molecule has 18 heavy (non-hydrogen) atoms. The molecule has 0 spiro atoms. The van der Waals surface area contributed by atoms with Gasteiger partial charge in [-0.15, -0.1) is 12.4 Å². The number of fused-ring (bicyclic) bond motifs is 1. The van der Waals surface area contributed by atoms with Crippen LogP contribution in [0.5, 0.6) is 0 Å². The molecule has 0 heterocycles. The third kappa shape index (κ3) is 2.89. The minimum absolute atomic E-state index is 0. The maximum Gasteiger partial charge on any atom is -0.00163 e. The molecule has 0 N–H and O–H groups in total. The van der Waals surface area contributed by atoms with Gasteiger partial charge in [0.2, 0.25) is 0 Å². The Morgan fingerprint density at radius 3 is 2.61 bits per heavy atom. The van der Waals surface area contributed by atoms with Gasteiger partial charge in [0.05, 0.1) is 0 Å². The van der Waals surface area contributed by atoms with E-state index >= 15 is 0 Å². The normalized spacial score (nSPS) is 26.6. The van der Waals surface area contributed by atoms with Crippen molar-refractivity contribution in [1.82, 2.24) is 4.90 Å². The fourth-order valence-electron chi connectivity index (χ4n) is 3.09. The van der Waals surface area contributed by atoms with Crippen LogP contribution in [-0.4, -0.2) is 25.5 Å². The molecule has 1 aliphatic rings. The van der Waals surface area contributed by atoms with Gasteiger partial charge in [0.15, 0.2) is 0 Å². The van der Waals surface area contributed by atoms with Crippen LogP contribution in [0.4, 0.5) is 0 Å². The van der Waals surface area contributed by atoms with Crippen LogP contribution < -0.4 is 0 Å². The zero-order valence-electron chi connectivity index (χ0n) is 12.1. The molecule has 2 atom stereocenters. The highest BCUT2D eigenvalue weighted by Gasteiger charge is 2.37. The molecule has 0 bridgehead atoms. The first-order valence-corrected chi connectivity index (χ1v) is 6.77. The molecule has 102 valence electrons. The first-order valence-electron chi connectivity index (χ1n) is 6.77. The summed E-state index contributed by atoms with van der Waals surface area (Å²) in [6.45, 7) is 6.06. The van der Waals surface area contributed by atoms with Crippen molar-refractivity contribution in [3.63, 3.8) is 0 Å². The molecule has 0 saturated heterocycles. The average Bonchev–Trinajstić information content (AvgIpc) is 2.32. The maximum atomic E-state index is 2.46. The average molecular weight is 268 g/mol. The Labute approximate surface area is 118 Å². The van der Waals surface area contributed by atoms with Crippen LogP contribution in [0.15, 0.2) is 24.3 Å². The molecule has 0 saturated carbocycles. The summed E-state index contributed by atoms with van der Waals surface area (Å²) in [5.74, 6) is 0.789. The van der Waals surface area contributed by atoms with E-state index in [1.165, 1.54) is 25.8 Å². The first-order chi connectivity index (χ1) is 8.04. The van der Waals surface area contributed by atoms with Crippen molar-refractivity contribution in [1.29, 1.82) is 0 Å². The quantitative estimate of drug-likeness (QED) is 0.803. The van der Waals surface area contributed by atoms with E-state index in [1.54, 1.807) is 11.1 Å². The number of hydrogen-bond acceptors (Lipinski definition) is 1. The minimum Gasteiger partial charge on any atom is -0.309 e. The molecular weight excluding hydrogens is 242 g/mol. The molecule has 0 fully saturated rings. The molecule has 0 amide bonds. The monoisotopic (exact) mass is 267 g/mol. The topological polar surface area (TPSA) is 3.24 Å². The van der Waals surface area contributed by atoms with E-state index in [4.69, 9.17) is 0 Å². The second-order valence-corrected chi connectivity index (χ2v) is 6.07. The van der Waals surface area contributed by atoms with Crippen molar-refractivity contribution in [3.05, 3.63) is 35.4 Å². The Bertz CT molecular complexity index is 388. The Kier molecular flexibility index (Phi) is 5.24. The van der Waals surface area contributed by atoms with Gasteiger partial charge in [0.1, 0.15) is 0 Å². The SMILES string of the molecule is CC1CCc2ccccc2C1(C)CCN(C)C.Cl. The van der Waals surface area contributed by atoms with Gasteiger partial charge in [-0.05, 0) is 62.4 Å². The van der Waals surface area contributed by atoms with Crippen LogP contribution >= 0.6 is 12.4 Å². The maximum absolute atomic E-state index is 2.46. The molecule has 2 heteroatoms. The number of rotatable bonds is 3. The summed E-state index contributed by atoms with van der Waals surface area (Å²) < 4.78 is 0. The van der Waals surface area contributed by atoms with Crippen molar-refractivity contribution in [3.8, 4) is 0 Å². The summed E-state index contributed by atoms with van der Waals surface area (Å²) in [4.78, 5) is 2.30. The predicted molar refractivity (Wildman–Crippen MR) is 81.7 cm³/mol. The lowest BCUT2D eigenvalue weighted by Crippen LogP contribution is -2.37. The van der Waals surface area contributed by atoms with Crippen molar-refractivity contribution in [2.24, 2.45) is 5.92 Å². The number of benzene rings is 1. The van der Waals surface area contributed by atoms with Gasteiger partial charge in [-0.2, -0.15) is 0 Å². The van der Waals surface area contributed by atoms with E-state index in [1.807, 2.05) is 0 Å². The lowest BCUT2D eigenvalue weighted by molar-refractivity contribution is 0.229. The molecular formula is C16H26ClN. The van der Waals surface area contributed by atoms with Gasteiger partial charge in [0, 0.05) is 0 Å². The molecule has 1 aliphatic carbocycles. The van der Waals surface area contributed by atoms with Gasteiger partial charge in [-0.1, -0.05) is 38.1 Å². The smallest absolute Gasteiger partial charge is 0.00163 e. The highest BCUT2D eigenvalue weighted by molar-refractivity contribution is 5.85. The minimum atomic E-state index is 0. The molecule has 0 aliphatic heterocycles. The summed E-state index contributed by atoms with van der Waals surface area (Å²) in [7, 11) is 4.34. The van der Waals surface area contributed by atoms with Gasteiger partial charge >= 0.3 is 0 Å². The lowest BCUT2D eigenvalue weighted by atomic mass is 9.63. The zero-order chi connectivity index (χ0) is 12.5. The lowest BCUT2D eigenvalue weighted by Gasteiger charge is -2.42. The zero-order valence-corrected chi connectivity index (χ0v) is 12.9. The van der Waals surface area contributed by atoms with E-state index in [9.17, 15) is 0 Å². The Balaban J connectivity index is 0.00000162. The third-order valence-electron chi connectivity index (χ3n) is 4.65. The highest BCUT2D eigenvalue weighted by Crippen LogP contribution is 2.43. The largest absolute Gasteiger partial charge is 0.309 e. The molecule has 2 rings (SSSR count). The van der Waals surface area contributed by atoms with E-state index < -0.39 is 0 Å². The van der Waals surface area contributed by atoms with Crippen LogP contribution in [0, 0.1) is 5.92 Å². The fraction of sp³-hybridized carbons (Fsp3) is 0.625. The fourth-order valence-corrected chi connectivity index (χ4v) is 3.09. The summed E-state index contributed by atoms with van der Waals surface area (Å²) in [6, 6.07) is 9.04. The van der Waals surface area contributed by atoms with Gasteiger partial charge in [0.25, 0.3) is 0 Å². The Hall–Kier alpha value is -0.530. The van der Waals surface area contributed by atoms with Crippen molar-refractivity contribution >= 4 is 12.4 Å². The van der Waals surface area contributed by atoms with E-state index in [2.05, 4.69) is 57.1 Å². The second-order valence-electron chi connectivity index (χ2n) is 6.07. The number of halogens is 1. The van der Waals surface area contributed by atoms with Crippen LogP contribution in [0.25, 0.3) is 0 Å². The number of aryl methyl sites for hydroxylation is 1. The van der Waals surface area contributed by atoms with Gasteiger partial charge < -0.3 is 4.90 Å². The van der Waals surface area contributed by atoms with Crippen molar-refractivity contribution in [2.75, 3.05) is 20.6 Å². The second kappa shape index (κ2) is 6.08. The van der Waals surface area contributed by atoms with Gasteiger partial charge in [-0.3, -0.25) is 0 Å². The molecule has 0 radical (unpaired) electrons. The Morgan fingerprint density at radius 2 is 1.94 bits per heavy atom. The molecule has 2 unspecified atom stereocenters. The standard InChI is InChI=1S/C16H25N.ClH/c1-13-9-10-14-7-5-6-8-15(14)16(13,2)11-12-17(3)4;/h5-8,13H,9-12H2,1-4H3;1H. The van der Waals surface area contributed by atoms with Crippen LogP contribution in [0.3, 0.4) is 0 Å². The van der Waals surface area contributed by atoms with E-state index in [-0.39, 0.29) is 12.4 Å². The van der Waals surface area contributed by atoms with Crippen molar-refractivity contribution in [2.45, 2.75) is 38.5 Å². The van der Waals surface area contributed by atoms with Crippen LogP contribution in [0.1, 0.15) is 37.8 Å². The van der Waals surface area contributed by atoms with E-state index in [0.717, 1.165) is 5.92 Å². The summed E-state index contributed by atoms with van der Waals surface area (Å²) in [5.41, 5.74) is 3.53. The highest BCUT2D eigenvalue weighted by atomic mass is 35.5. The molecule has 1 aromatic rings. The Morgan fingerprint density at radius 1 is 1.28 bits per heavy atom. The summed E-state index contributed by atoms with van der Waals surface area (Å²) in [6.07, 6.45) is 3.86. The van der Waals surface area contributed by atoms with E-state index in [0.29, 0.717) is 5.41 Å². The van der Waals surface area contributed by atoms with Gasteiger partial charge in [-0.25, -0.2) is 0 Å². The summed E-state index contributed by atoms with van der Waals surface area (Å²) in [5, 5.41) is 0. The predicted octanol–water partition coefficient (Wildman–Crippen LogP) is 3.90. The summed E-state index contributed by atoms with van der Waals surface area (Å²) >= 11 is 0. The molecule has 1 nitrogen and oxygen atoms in total. The molecule has 1 aromatic carbocycles. The van der Waals surface area contributed by atoms with Crippen molar-refractivity contribution < 1.29 is 0 Å². The first kappa shape index (κ1) is 15.5. The van der Waals surface area contributed by atoms with Crippen LogP contribution in [-0.2, 0) is 11.8 Å². The number of hydrogen-bond donors (Lipinski definition) is 0. The van der Waals surface area contributed by atoms with Crippen LogP contribution in [0.2, 0.25) is 0 Å². The third-order valence-corrected chi connectivity index (χ3v) is 4.65. The molecule has 0 aromatic heterocycles. The number of nitrogens with zero attached hydrogens (tertiary/aromatic N) is 1.